The molecule has 1 aromatic carbocycles. The highest BCUT2D eigenvalue weighted by Crippen LogP contribution is 2.29. The summed E-state index contributed by atoms with van der Waals surface area (Å²) in [4.78, 5) is 4.81. The minimum absolute atomic E-state index is 0.421. The summed E-state index contributed by atoms with van der Waals surface area (Å²) in [6.07, 6.45) is 3.95. The Kier molecular flexibility index (Phi) is 6.83. The van der Waals surface area contributed by atoms with Crippen LogP contribution in [0, 0.1) is 13.8 Å². The predicted octanol–water partition coefficient (Wildman–Crippen LogP) is 3.94. The van der Waals surface area contributed by atoms with E-state index in [1.807, 2.05) is 65.1 Å². The summed E-state index contributed by atoms with van der Waals surface area (Å²) in [7, 11) is 3.41. The van der Waals surface area contributed by atoms with E-state index in [9.17, 15) is 0 Å². The van der Waals surface area contributed by atoms with Crippen molar-refractivity contribution in [2.45, 2.75) is 34.3 Å². The van der Waals surface area contributed by atoms with Gasteiger partial charge in [-0.3, -0.25) is 4.68 Å². The molecule has 0 aliphatic carbocycles. The molecule has 0 saturated heterocycles. The maximum atomic E-state index is 6.07. The van der Waals surface area contributed by atoms with Gasteiger partial charge in [-0.15, -0.1) is 0 Å². The van der Waals surface area contributed by atoms with Crippen molar-refractivity contribution in [1.29, 1.82) is 0 Å². The third-order valence-corrected chi connectivity index (χ3v) is 3.96. The monoisotopic (exact) mass is 357 g/mol. The van der Waals surface area contributed by atoms with Gasteiger partial charge in [0.2, 0.25) is 0 Å². The molecule has 0 bridgehead atoms. The van der Waals surface area contributed by atoms with E-state index in [0.717, 1.165) is 39.7 Å². The number of aryl methyl sites for hydroxylation is 3. The molecule has 0 radical (unpaired) electrons. The van der Waals surface area contributed by atoms with Crippen LogP contribution in [0.15, 0.2) is 35.5 Å². The van der Waals surface area contributed by atoms with Gasteiger partial charge >= 0.3 is 0 Å². The summed E-state index contributed by atoms with van der Waals surface area (Å²) >= 11 is 0. The van der Waals surface area contributed by atoms with E-state index in [2.05, 4.69) is 10.3 Å². The van der Waals surface area contributed by atoms with Crippen molar-refractivity contribution < 1.29 is 14.3 Å². The van der Waals surface area contributed by atoms with Gasteiger partial charge in [0.15, 0.2) is 0 Å². The average Bonchev–Trinajstić information content (AvgIpc) is 2.96. The highest BCUT2D eigenvalue weighted by atomic mass is 16.6. The molecule has 1 heterocycles. The van der Waals surface area contributed by atoms with Crippen molar-refractivity contribution in [2.24, 2.45) is 12.2 Å². The highest BCUT2D eigenvalue weighted by molar-refractivity contribution is 5.96. The largest absolute Gasteiger partial charge is 0.490 e. The maximum absolute atomic E-state index is 6.07. The third-order valence-electron chi connectivity index (χ3n) is 3.96. The molecule has 0 N–H and O–H groups in total. The van der Waals surface area contributed by atoms with Gasteiger partial charge in [-0.1, -0.05) is 17.3 Å². The van der Waals surface area contributed by atoms with Crippen molar-refractivity contribution in [3.8, 4) is 11.5 Å². The molecule has 6 heteroatoms. The quantitative estimate of drug-likeness (QED) is 0.408. The lowest BCUT2D eigenvalue weighted by molar-refractivity contribution is 0.213. The molecular formula is C20H27N3O3. The first-order valence-electron chi connectivity index (χ1n) is 8.55. The zero-order valence-corrected chi connectivity index (χ0v) is 16.4. The van der Waals surface area contributed by atoms with Gasteiger partial charge in [-0.2, -0.15) is 5.10 Å². The molecule has 2 aromatic rings. The summed E-state index contributed by atoms with van der Waals surface area (Å²) in [5.41, 5.74) is 4.54. The Hall–Kier alpha value is -2.76. The zero-order chi connectivity index (χ0) is 19.1. The number of oxime groups is 1. The summed E-state index contributed by atoms with van der Waals surface area (Å²) in [5.74, 6) is 1.72. The van der Waals surface area contributed by atoms with Crippen LogP contribution in [-0.2, 0) is 18.5 Å². The fourth-order valence-electron chi connectivity index (χ4n) is 2.61. The molecule has 0 saturated carbocycles. The van der Waals surface area contributed by atoms with Gasteiger partial charge in [0.25, 0.3) is 0 Å². The van der Waals surface area contributed by atoms with E-state index in [-0.39, 0.29) is 0 Å². The number of nitrogens with zero attached hydrogens (tertiary/aromatic N) is 3. The molecule has 0 aliphatic rings. The number of aromatic nitrogens is 2. The Morgan fingerprint density at radius 3 is 2.50 bits per heavy atom. The van der Waals surface area contributed by atoms with Crippen LogP contribution in [0.2, 0.25) is 0 Å². The first kappa shape index (κ1) is 19.6. The molecule has 0 atom stereocenters. The Labute approximate surface area is 155 Å². The first-order valence-corrected chi connectivity index (χ1v) is 8.55. The third kappa shape index (κ3) is 4.88. The molecule has 1 aromatic heterocycles. The number of rotatable bonds is 8. The zero-order valence-electron chi connectivity index (χ0n) is 16.4. The second-order valence-electron chi connectivity index (χ2n) is 6.06. The summed E-state index contributed by atoms with van der Waals surface area (Å²) in [6, 6.07) is 5.95. The number of hydrogen-bond acceptors (Lipinski definition) is 5. The van der Waals surface area contributed by atoms with E-state index in [1.54, 1.807) is 4.68 Å². The summed E-state index contributed by atoms with van der Waals surface area (Å²) in [6.45, 7) is 8.87. The smallest absolute Gasteiger partial charge is 0.130 e. The number of ether oxygens (including phenoxy) is 2. The average molecular weight is 357 g/mol. The Balaban J connectivity index is 2.11. The van der Waals surface area contributed by atoms with Crippen LogP contribution in [0.5, 0.6) is 11.5 Å². The molecule has 26 heavy (non-hydrogen) atoms. The Bertz CT molecular complexity index is 784. The maximum Gasteiger partial charge on any atom is 0.130 e. The predicted molar refractivity (Wildman–Crippen MR) is 103 cm³/mol. The van der Waals surface area contributed by atoms with Gasteiger partial charge in [0.1, 0.15) is 43.2 Å². The minimum atomic E-state index is 0.421. The van der Waals surface area contributed by atoms with Crippen LogP contribution in [0.25, 0.3) is 0 Å². The summed E-state index contributed by atoms with van der Waals surface area (Å²) in [5, 5.41) is 8.36. The first-order chi connectivity index (χ1) is 12.5. The van der Waals surface area contributed by atoms with Crippen LogP contribution in [0.4, 0.5) is 0 Å². The van der Waals surface area contributed by atoms with Gasteiger partial charge < -0.3 is 14.3 Å². The molecule has 0 unspecified atom stereocenters. The van der Waals surface area contributed by atoms with Crippen LogP contribution < -0.4 is 9.47 Å². The SMILES string of the molecule is C/C=C/COc1cc(C)c(OCc2cc(/C(C)=N/OC)nn2C)c(C)c1. The summed E-state index contributed by atoms with van der Waals surface area (Å²) < 4.78 is 13.6. The van der Waals surface area contributed by atoms with Crippen LogP contribution in [-0.4, -0.2) is 29.2 Å². The van der Waals surface area contributed by atoms with Crippen molar-refractivity contribution >= 4 is 5.71 Å². The molecule has 0 aliphatic heterocycles. The van der Waals surface area contributed by atoms with Gasteiger partial charge in [-0.25, -0.2) is 0 Å². The minimum Gasteiger partial charge on any atom is -0.490 e. The second kappa shape index (κ2) is 9.08. The topological polar surface area (TPSA) is 57.9 Å². The normalized spacial score (nSPS) is 11.8. The van der Waals surface area contributed by atoms with Crippen molar-refractivity contribution in [3.63, 3.8) is 0 Å². The Morgan fingerprint density at radius 1 is 1.19 bits per heavy atom. The van der Waals surface area contributed by atoms with E-state index >= 15 is 0 Å². The van der Waals surface area contributed by atoms with Crippen LogP contribution in [0.3, 0.4) is 0 Å². The fraction of sp³-hybridized carbons (Fsp3) is 0.400. The van der Waals surface area contributed by atoms with Gasteiger partial charge in [0.05, 0.1) is 5.69 Å². The van der Waals surface area contributed by atoms with Gasteiger partial charge in [-0.05, 0) is 57.0 Å². The van der Waals surface area contributed by atoms with Crippen molar-refractivity contribution in [3.05, 3.63) is 52.9 Å². The molecule has 0 spiro atoms. The molecule has 140 valence electrons. The number of benzene rings is 1. The van der Waals surface area contributed by atoms with Crippen molar-refractivity contribution in [1.82, 2.24) is 9.78 Å². The van der Waals surface area contributed by atoms with E-state index in [4.69, 9.17) is 14.3 Å². The molecule has 0 amide bonds. The van der Waals surface area contributed by atoms with Crippen molar-refractivity contribution in [2.75, 3.05) is 13.7 Å². The lowest BCUT2D eigenvalue weighted by Crippen LogP contribution is -2.05. The van der Waals surface area contributed by atoms with E-state index in [1.165, 1.54) is 7.11 Å². The highest BCUT2D eigenvalue weighted by Gasteiger charge is 2.12. The van der Waals surface area contributed by atoms with Crippen LogP contribution in [0.1, 0.15) is 36.4 Å². The molecule has 6 nitrogen and oxygen atoms in total. The van der Waals surface area contributed by atoms with Crippen LogP contribution >= 0.6 is 0 Å². The standard InChI is InChI=1S/C20H27N3O3/c1-7-8-9-25-18-10-14(2)20(15(3)11-18)26-13-17-12-19(21-23(17)5)16(4)22-24-6/h7-8,10-12H,9,13H2,1-6H3/b8-7+,22-16+. The van der Waals surface area contributed by atoms with E-state index < -0.39 is 0 Å². The lowest BCUT2D eigenvalue weighted by Gasteiger charge is -2.14. The second-order valence-corrected chi connectivity index (χ2v) is 6.06. The number of allylic oxidation sites excluding steroid dienone is 1. The Morgan fingerprint density at radius 2 is 1.88 bits per heavy atom. The molecular weight excluding hydrogens is 330 g/mol. The number of hydrogen-bond donors (Lipinski definition) is 0. The molecule has 0 fully saturated rings. The molecule has 2 rings (SSSR count). The lowest BCUT2D eigenvalue weighted by atomic mass is 10.1. The van der Waals surface area contributed by atoms with E-state index in [0.29, 0.717) is 13.2 Å². The fourth-order valence-corrected chi connectivity index (χ4v) is 2.61. The van der Waals surface area contributed by atoms with Gasteiger partial charge in [0, 0.05) is 7.05 Å².